The van der Waals surface area contributed by atoms with Gasteiger partial charge in [-0.15, -0.1) is 0 Å². The highest BCUT2D eigenvalue weighted by Crippen LogP contribution is 2.43. The van der Waals surface area contributed by atoms with Gasteiger partial charge >= 0.3 is 5.97 Å². The van der Waals surface area contributed by atoms with Gasteiger partial charge in [0, 0.05) is 55.8 Å². The normalized spacial score (nSPS) is 21.7. The minimum absolute atomic E-state index is 0.0430. The Morgan fingerprint density at radius 3 is 2.59 bits per heavy atom. The number of carbonyl (C=O) groups excluding carboxylic acids is 2. The molecule has 10 heteroatoms. The first kappa shape index (κ1) is 31.8. The molecule has 0 bridgehead atoms. The average Bonchev–Trinajstić information content (AvgIpc) is 3.69. The molecule has 0 aliphatic carbocycles. The molecule has 10 nitrogen and oxygen atoms in total. The van der Waals surface area contributed by atoms with Gasteiger partial charge in [0.2, 0.25) is 18.6 Å². The zero-order valence-corrected chi connectivity index (χ0v) is 26.5. The summed E-state index contributed by atoms with van der Waals surface area (Å²) < 4.78 is 11.9. The van der Waals surface area contributed by atoms with E-state index in [1.807, 2.05) is 45.0 Å². The zero-order valence-electron chi connectivity index (χ0n) is 26.5. The van der Waals surface area contributed by atoms with Gasteiger partial charge in [-0.1, -0.05) is 31.5 Å². The number of aliphatic carboxylic acids is 1. The van der Waals surface area contributed by atoms with Crippen LogP contribution >= 0.6 is 0 Å². The van der Waals surface area contributed by atoms with E-state index in [1.165, 1.54) is 0 Å². The van der Waals surface area contributed by atoms with Gasteiger partial charge in [-0.3, -0.25) is 19.3 Å². The van der Waals surface area contributed by atoms with Crippen LogP contribution in [-0.4, -0.2) is 104 Å². The molecule has 44 heavy (non-hydrogen) atoms. The fourth-order valence-corrected chi connectivity index (χ4v) is 6.91. The molecule has 0 unspecified atom stereocenters. The lowest BCUT2D eigenvalue weighted by atomic mass is 9.84. The van der Waals surface area contributed by atoms with Crippen molar-refractivity contribution in [3.63, 3.8) is 0 Å². The molecule has 2 fully saturated rings. The Bertz CT molecular complexity index is 1360. The number of benzene rings is 2. The van der Waals surface area contributed by atoms with E-state index >= 15 is 0 Å². The van der Waals surface area contributed by atoms with Crippen molar-refractivity contribution in [1.82, 2.24) is 9.80 Å². The van der Waals surface area contributed by atoms with Crippen LogP contribution in [-0.2, 0) is 20.9 Å². The number of amides is 2. The standard InChI is InChI=1S/C34H46N4O6/c1-5-6-16-37(26-10-7-9-24(18-26)22-38(2,3)4)32(40)21-36-20-27(25-12-13-29-30(19-25)44-23-43-29)33(34(41)42)28(36)14-17-35-15-8-11-31(35)39/h7,9-10,12-13,18-19,27-28,33H,5-6,8,11,14-17,20-23H2,1-4H3/p+1/t27-,28+,33-/m1/s1. The molecule has 0 saturated carbocycles. The van der Waals surface area contributed by atoms with Crippen molar-refractivity contribution < 1.29 is 33.4 Å². The van der Waals surface area contributed by atoms with Crippen molar-refractivity contribution in [1.29, 1.82) is 0 Å². The van der Waals surface area contributed by atoms with E-state index < -0.39 is 17.9 Å². The van der Waals surface area contributed by atoms with Crippen molar-refractivity contribution in [2.75, 3.05) is 65.6 Å². The minimum Gasteiger partial charge on any atom is -0.481 e. The van der Waals surface area contributed by atoms with E-state index in [-0.39, 0.29) is 31.1 Å². The Hall–Kier alpha value is -3.63. The molecule has 3 aliphatic heterocycles. The fraction of sp³-hybridized carbons (Fsp3) is 0.559. The SMILES string of the molecule is CCCCN(C(=O)CN1C[C@H](c2ccc3c(c2)OCO3)[C@@H](C(=O)O)[C@@H]1CCN1CCCC1=O)c1cccc(C[N+](C)(C)C)c1. The molecule has 3 aliphatic rings. The number of carboxylic acid groups (broad SMARTS) is 1. The zero-order chi connectivity index (χ0) is 31.4. The smallest absolute Gasteiger partial charge is 0.308 e. The van der Waals surface area contributed by atoms with Crippen LogP contribution in [0.15, 0.2) is 42.5 Å². The first-order valence-electron chi connectivity index (χ1n) is 15.9. The first-order valence-corrected chi connectivity index (χ1v) is 15.9. The van der Waals surface area contributed by atoms with Crippen molar-refractivity contribution in [3.8, 4) is 11.5 Å². The Morgan fingerprint density at radius 1 is 1.09 bits per heavy atom. The predicted molar refractivity (Wildman–Crippen MR) is 168 cm³/mol. The van der Waals surface area contributed by atoms with Gasteiger partial charge in [-0.25, -0.2) is 0 Å². The van der Waals surface area contributed by atoms with E-state index in [9.17, 15) is 19.5 Å². The maximum Gasteiger partial charge on any atom is 0.308 e. The molecule has 0 radical (unpaired) electrons. The number of likely N-dealkylation sites (tertiary alicyclic amines) is 2. The maximum atomic E-state index is 14.2. The number of anilines is 1. The van der Waals surface area contributed by atoms with E-state index in [1.54, 1.807) is 0 Å². The number of quaternary nitrogens is 1. The van der Waals surface area contributed by atoms with Gasteiger partial charge in [-0.2, -0.15) is 0 Å². The summed E-state index contributed by atoms with van der Waals surface area (Å²) >= 11 is 0. The molecule has 2 amide bonds. The van der Waals surface area contributed by atoms with Gasteiger partial charge in [0.05, 0.1) is 33.6 Å². The summed E-state index contributed by atoms with van der Waals surface area (Å²) in [6.07, 6.45) is 3.67. The number of hydrogen-bond acceptors (Lipinski definition) is 6. The van der Waals surface area contributed by atoms with Crippen LogP contribution in [0.2, 0.25) is 0 Å². The summed E-state index contributed by atoms with van der Waals surface area (Å²) in [5, 5.41) is 10.6. The largest absolute Gasteiger partial charge is 0.481 e. The maximum absolute atomic E-state index is 14.2. The van der Waals surface area contributed by atoms with Crippen molar-refractivity contribution in [2.45, 2.75) is 57.5 Å². The number of carboxylic acids is 1. The van der Waals surface area contributed by atoms with E-state index in [4.69, 9.17) is 9.47 Å². The highest BCUT2D eigenvalue weighted by molar-refractivity contribution is 5.95. The molecule has 1 N–H and O–H groups in total. The van der Waals surface area contributed by atoms with Crippen LogP contribution in [0.4, 0.5) is 5.69 Å². The molecular formula is C34H47N4O6+. The second kappa shape index (κ2) is 13.6. The number of unbranched alkanes of at least 4 members (excludes halogenated alkanes) is 1. The summed E-state index contributed by atoms with van der Waals surface area (Å²) in [5.74, 6) is -0.642. The van der Waals surface area contributed by atoms with Gasteiger partial charge in [0.15, 0.2) is 11.5 Å². The summed E-state index contributed by atoms with van der Waals surface area (Å²) in [6, 6.07) is 13.4. The molecule has 3 atom stereocenters. The van der Waals surface area contributed by atoms with Crippen LogP contribution in [0.1, 0.15) is 56.1 Å². The van der Waals surface area contributed by atoms with Gasteiger partial charge in [0.1, 0.15) is 6.54 Å². The number of hydrogen-bond donors (Lipinski definition) is 1. The summed E-state index contributed by atoms with van der Waals surface area (Å²) in [6.45, 7) is 5.39. The number of carbonyl (C=O) groups is 3. The van der Waals surface area contributed by atoms with Gasteiger partial charge in [0.25, 0.3) is 0 Å². The molecule has 238 valence electrons. The van der Waals surface area contributed by atoms with Crippen LogP contribution in [0.3, 0.4) is 0 Å². The Kier molecular flexibility index (Phi) is 9.80. The van der Waals surface area contributed by atoms with Crippen LogP contribution in [0, 0.1) is 5.92 Å². The molecular weight excluding hydrogens is 560 g/mol. The molecule has 2 aromatic rings. The van der Waals surface area contributed by atoms with Crippen molar-refractivity contribution in [3.05, 3.63) is 53.6 Å². The van der Waals surface area contributed by atoms with Crippen LogP contribution < -0.4 is 14.4 Å². The summed E-state index contributed by atoms with van der Waals surface area (Å²) in [7, 11) is 6.43. The minimum atomic E-state index is -0.892. The number of fused-ring (bicyclic) bond motifs is 1. The molecule has 0 spiro atoms. The molecule has 5 rings (SSSR count). The Labute approximate surface area is 260 Å². The summed E-state index contributed by atoms with van der Waals surface area (Å²) in [4.78, 5) is 45.2. The fourth-order valence-electron chi connectivity index (χ4n) is 6.91. The summed E-state index contributed by atoms with van der Waals surface area (Å²) in [5.41, 5.74) is 2.89. The molecule has 3 heterocycles. The Balaban J connectivity index is 1.42. The highest BCUT2D eigenvalue weighted by Gasteiger charge is 2.47. The number of ether oxygens (including phenoxy) is 2. The van der Waals surface area contributed by atoms with E-state index in [0.29, 0.717) is 50.5 Å². The lowest BCUT2D eigenvalue weighted by molar-refractivity contribution is -0.884. The lowest BCUT2D eigenvalue weighted by Crippen LogP contribution is -2.45. The van der Waals surface area contributed by atoms with Gasteiger partial charge < -0.3 is 28.9 Å². The first-order chi connectivity index (χ1) is 21.0. The van der Waals surface area contributed by atoms with Crippen molar-refractivity contribution >= 4 is 23.5 Å². The highest BCUT2D eigenvalue weighted by atomic mass is 16.7. The van der Waals surface area contributed by atoms with Crippen LogP contribution in [0.5, 0.6) is 11.5 Å². The molecule has 2 saturated heterocycles. The van der Waals surface area contributed by atoms with Crippen LogP contribution in [0.25, 0.3) is 0 Å². The molecule has 0 aromatic heterocycles. The predicted octanol–water partition coefficient (Wildman–Crippen LogP) is 3.94. The van der Waals surface area contributed by atoms with E-state index in [2.05, 4.69) is 40.2 Å². The third kappa shape index (κ3) is 7.35. The van der Waals surface area contributed by atoms with Gasteiger partial charge in [-0.05, 0) is 49.1 Å². The second-order valence-corrected chi connectivity index (χ2v) is 13.4. The lowest BCUT2D eigenvalue weighted by Gasteiger charge is -2.31. The number of rotatable bonds is 13. The second-order valence-electron chi connectivity index (χ2n) is 13.4. The molecule has 2 aromatic carbocycles. The number of nitrogens with zero attached hydrogens (tertiary/aromatic N) is 4. The van der Waals surface area contributed by atoms with Crippen molar-refractivity contribution in [2.24, 2.45) is 5.92 Å². The van der Waals surface area contributed by atoms with E-state index in [0.717, 1.165) is 47.1 Å². The topological polar surface area (TPSA) is 99.6 Å². The third-order valence-corrected chi connectivity index (χ3v) is 8.98. The third-order valence-electron chi connectivity index (χ3n) is 8.98. The Morgan fingerprint density at radius 2 is 1.89 bits per heavy atom. The quantitative estimate of drug-likeness (QED) is 0.345. The average molecular weight is 608 g/mol. The monoisotopic (exact) mass is 607 g/mol.